The van der Waals surface area contributed by atoms with Crippen LogP contribution in [-0.4, -0.2) is 34.9 Å². The maximum Gasteiger partial charge on any atom is 0.496 e. The van der Waals surface area contributed by atoms with Crippen LogP contribution in [0.5, 0.6) is 0 Å². The molecule has 0 saturated carbocycles. The van der Waals surface area contributed by atoms with E-state index in [1.54, 1.807) is 12.4 Å². The van der Waals surface area contributed by atoms with Gasteiger partial charge in [0, 0.05) is 24.3 Å². The molecule has 0 bridgehead atoms. The fraction of sp³-hybridized carbons (Fsp3) is 0.667. The van der Waals surface area contributed by atoms with Crippen LogP contribution in [-0.2, 0) is 25.3 Å². The Bertz CT molecular complexity index is 591. The molecule has 1 aliphatic heterocycles. The van der Waals surface area contributed by atoms with Gasteiger partial charge in [-0.2, -0.15) is 0 Å². The maximum atomic E-state index is 11.9. The molecule has 1 fully saturated rings. The minimum atomic E-state index is -0.458. The number of carbonyl (C=O) groups excluding carboxylic acids is 1. The van der Waals surface area contributed by atoms with E-state index in [4.69, 9.17) is 14.0 Å². The van der Waals surface area contributed by atoms with Crippen molar-refractivity contribution in [1.82, 2.24) is 4.98 Å². The van der Waals surface area contributed by atoms with E-state index in [0.717, 1.165) is 11.0 Å². The average Bonchev–Trinajstić information content (AvgIpc) is 2.64. The van der Waals surface area contributed by atoms with Gasteiger partial charge >= 0.3 is 13.1 Å². The van der Waals surface area contributed by atoms with Crippen molar-refractivity contribution in [2.75, 3.05) is 0 Å². The molecule has 24 heavy (non-hydrogen) atoms. The Morgan fingerprint density at radius 2 is 1.75 bits per heavy atom. The van der Waals surface area contributed by atoms with Gasteiger partial charge in [-0.15, -0.1) is 0 Å². The second-order valence-electron chi connectivity index (χ2n) is 8.30. The zero-order valence-electron chi connectivity index (χ0n) is 15.8. The molecule has 0 atom stereocenters. The lowest BCUT2D eigenvalue weighted by Crippen LogP contribution is -2.41. The minimum absolute atomic E-state index is 0.205. The molecule has 1 aromatic heterocycles. The normalized spacial score (nSPS) is 19.4. The van der Waals surface area contributed by atoms with E-state index in [2.05, 4.69) is 4.98 Å². The predicted molar refractivity (Wildman–Crippen MR) is 94.1 cm³/mol. The highest BCUT2D eigenvalue weighted by atomic mass is 16.7. The van der Waals surface area contributed by atoms with Crippen molar-refractivity contribution in [2.45, 2.75) is 78.1 Å². The van der Waals surface area contributed by atoms with Crippen LogP contribution in [0, 0.1) is 0 Å². The molecule has 1 aliphatic rings. The van der Waals surface area contributed by atoms with Gasteiger partial charge < -0.3 is 14.0 Å². The standard InChI is InChI=1S/C18H28BNO4/c1-16(2,3)22-15(21)9-8-13-10-14(12-20-11-13)19-23-17(4,5)18(6,7)24-19/h10-12H,8-9H2,1-7H3. The summed E-state index contributed by atoms with van der Waals surface area (Å²) in [6.45, 7) is 13.7. The highest BCUT2D eigenvalue weighted by Crippen LogP contribution is 2.36. The summed E-state index contributed by atoms with van der Waals surface area (Å²) in [6, 6.07) is 1.99. The lowest BCUT2D eigenvalue weighted by Gasteiger charge is -2.32. The van der Waals surface area contributed by atoms with Crippen molar-refractivity contribution in [1.29, 1.82) is 0 Å². The summed E-state index contributed by atoms with van der Waals surface area (Å²) in [5.74, 6) is -0.205. The molecular formula is C18H28BNO4. The Hall–Kier alpha value is -1.40. The zero-order chi connectivity index (χ0) is 18.2. The number of esters is 1. The van der Waals surface area contributed by atoms with Crippen molar-refractivity contribution in [3.63, 3.8) is 0 Å². The molecule has 0 amide bonds. The van der Waals surface area contributed by atoms with Crippen LogP contribution in [0.2, 0.25) is 0 Å². The Morgan fingerprint density at radius 1 is 1.17 bits per heavy atom. The van der Waals surface area contributed by atoms with E-state index in [0.29, 0.717) is 12.8 Å². The molecule has 0 spiro atoms. The molecule has 2 rings (SSSR count). The van der Waals surface area contributed by atoms with E-state index < -0.39 is 12.7 Å². The van der Waals surface area contributed by atoms with Crippen molar-refractivity contribution in [3.05, 3.63) is 24.0 Å². The lowest BCUT2D eigenvalue weighted by atomic mass is 9.79. The molecule has 0 unspecified atom stereocenters. The SMILES string of the molecule is CC(C)(C)OC(=O)CCc1cncc(B2OC(C)(C)C(C)(C)O2)c1. The lowest BCUT2D eigenvalue weighted by molar-refractivity contribution is -0.154. The van der Waals surface area contributed by atoms with E-state index in [1.165, 1.54) is 0 Å². The van der Waals surface area contributed by atoms with Crippen LogP contribution < -0.4 is 5.46 Å². The van der Waals surface area contributed by atoms with Gasteiger partial charge in [-0.1, -0.05) is 6.07 Å². The highest BCUT2D eigenvalue weighted by molar-refractivity contribution is 6.62. The fourth-order valence-electron chi connectivity index (χ4n) is 2.39. The first-order valence-corrected chi connectivity index (χ1v) is 8.41. The van der Waals surface area contributed by atoms with Crippen molar-refractivity contribution < 1.29 is 18.8 Å². The molecule has 0 N–H and O–H groups in total. The Labute approximate surface area is 145 Å². The van der Waals surface area contributed by atoms with Gasteiger partial charge in [-0.3, -0.25) is 9.78 Å². The van der Waals surface area contributed by atoms with Gasteiger partial charge in [-0.25, -0.2) is 0 Å². The topological polar surface area (TPSA) is 57.7 Å². The molecule has 5 nitrogen and oxygen atoms in total. The fourth-order valence-corrected chi connectivity index (χ4v) is 2.39. The highest BCUT2D eigenvalue weighted by Gasteiger charge is 2.51. The summed E-state index contributed by atoms with van der Waals surface area (Å²) >= 11 is 0. The number of hydrogen-bond acceptors (Lipinski definition) is 5. The van der Waals surface area contributed by atoms with Crippen LogP contribution in [0.1, 0.15) is 60.5 Å². The Kier molecular flexibility index (Phi) is 5.12. The third-order valence-electron chi connectivity index (χ3n) is 4.38. The van der Waals surface area contributed by atoms with Gasteiger partial charge in [-0.05, 0) is 60.5 Å². The first-order chi connectivity index (χ1) is 10.9. The van der Waals surface area contributed by atoms with Gasteiger partial charge in [0.15, 0.2) is 0 Å². The van der Waals surface area contributed by atoms with E-state index in [-0.39, 0.29) is 17.2 Å². The van der Waals surface area contributed by atoms with Gasteiger partial charge in [0.1, 0.15) is 5.60 Å². The molecular weight excluding hydrogens is 305 g/mol. The Morgan fingerprint density at radius 3 is 2.29 bits per heavy atom. The van der Waals surface area contributed by atoms with Crippen LogP contribution in [0.4, 0.5) is 0 Å². The third-order valence-corrected chi connectivity index (χ3v) is 4.38. The summed E-state index contributed by atoms with van der Waals surface area (Å²) in [5, 5.41) is 0. The monoisotopic (exact) mass is 333 g/mol. The smallest absolute Gasteiger partial charge is 0.460 e. The molecule has 1 aromatic rings. The number of nitrogens with zero attached hydrogens (tertiary/aromatic N) is 1. The molecule has 0 radical (unpaired) electrons. The van der Waals surface area contributed by atoms with E-state index >= 15 is 0 Å². The number of rotatable bonds is 4. The summed E-state index contributed by atoms with van der Waals surface area (Å²) < 4.78 is 17.4. The van der Waals surface area contributed by atoms with Crippen LogP contribution in [0.25, 0.3) is 0 Å². The van der Waals surface area contributed by atoms with Crippen molar-refractivity contribution in [3.8, 4) is 0 Å². The predicted octanol–water partition coefficient (Wildman–Crippen LogP) is 2.66. The molecule has 0 aliphatic carbocycles. The molecule has 132 valence electrons. The molecule has 6 heteroatoms. The van der Waals surface area contributed by atoms with E-state index in [9.17, 15) is 4.79 Å². The number of ether oxygens (including phenoxy) is 1. The molecule has 2 heterocycles. The number of aromatic nitrogens is 1. The summed E-state index contributed by atoms with van der Waals surface area (Å²) in [6.07, 6.45) is 4.42. The minimum Gasteiger partial charge on any atom is -0.460 e. The second kappa shape index (κ2) is 6.49. The number of carbonyl (C=O) groups is 1. The van der Waals surface area contributed by atoms with Crippen molar-refractivity contribution in [2.24, 2.45) is 0 Å². The van der Waals surface area contributed by atoms with Gasteiger partial charge in [0.2, 0.25) is 0 Å². The first-order valence-electron chi connectivity index (χ1n) is 8.41. The van der Waals surface area contributed by atoms with Crippen LogP contribution >= 0.6 is 0 Å². The number of hydrogen-bond donors (Lipinski definition) is 0. The maximum absolute atomic E-state index is 11.9. The van der Waals surface area contributed by atoms with Crippen molar-refractivity contribution >= 4 is 18.6 Å². The van der Waals surface area contributed by atoms with Crippen LogP contribution in [0.3, 0.4) is 0 Å². The molecule has 0 aromatic carbocycles. The number of aryl methyl sites for hydroxylation is 1. The second-order valence-corrected chi connectivity index (χ2v) is 8.30. The number of pyridine rings is 1. The summed E-state index contributed by atoms with van der Waals surface area (Å²) in [5.41, 5.74) is 0.609. The third kappa shape index (κ3) is 4.58. The first kappa shape index (κ1) is 18.9. The van der Waals surface area contributed by atoms with Gasteiger partial charge in [0.25, 0.3) is 0 Å². The van der Waals surface area contributed by atoms with Crippen LogP contribution in [0.15, 0.2) is 18.5 Å². The Balaban J connectivity index is 2.01. The van der Waals surface area contributed by atoms with E-state index in [1.807, 2.05) is 54.5 Å². The molecule has 1 saturated heterocycles. The summed E-state index contributed by atoms with van der Waals surface area (Å²) in [7, 11) is -0.441. The quantitative estimate of drug-likeness (QED) is 0.626. The largest absolute Gasteiger partial charge is 0.496 e. The average molecular weight is 333 g/mol. The summed E-state index contributed by atoms with van der Waals surface area (Å²) in [4.78, 5) is 16.1. The van der Waals surface area contributed by atoms with Gasteiger partial charge in [0.05, 0.1) is 11.2 Å². The zero-order valence-corrected chi connectivity index (χ0v) is 15.8.